The van der Waals surface area contributed by atoms with E-state index in [0.717, 1.165) is 4.57 Å². The van der Waals surface area contributed by atoms with Crippen molar-refractivity contribution in [1.82, 2.24) is 9.55 Å². The minimum Gasteiger partial charge on any atom is -0.494 e. The number of pyridine rings is 2. The van der Waals surface area contributed by atoms with Crippen molar-refractivity contribution in [2.45, 2.75) is 6.92 Å². The van der Waals surface area contributed by atoms with Crippen LogP contribution in [-0.4, -0.2) is 20.9 Å². The molecule has 6 nitrogen and oxygen atoms in total. The molecule has 2 rings (SSSR count). The summed E-state index contributed by atoms with van der Waals surface area (Å²) in [6.45, 7) is 1.60. The van der Waals surface area contributed by atoms with E-state index in [1.54, 1.807) is 31.3 Å². The van der Waals surface area contributed by atoms with Gasteiger partial charge in [-0.25, -0.2) is 9.98 Å². The molecule has 0 saturated heterocycles. The minimum atomic E-state index is -0.530. The van der Waals surface area contributed by atoms with Crippen molar-refractivity contribution >= 4 is 12.0 Å². The van der Waals surface area contributed by atoms with Gasteiger partial charge in [0.15, 0.2) is 5.82 Å². The molecule has 2 aromatic heterocycles. The number of aliphatic imine (C=N–C) groups is 1. The molecule has 100 valence electrons. The first-order valence-corrected chi connectivity index (χ1v) is 5.84. The summed E-state index contributed by atoms with van der Waals surface area (Å²) in [5, 5.41) is 19.0. The highest BCUT2D eigenvalue weighted by atomic mass is 16.3. The van der Waals surface area contributed by atoms with Gasteiger partial charge in [-0.05, 0) is 24.6 Å². The van der Waals surface area contributed by atoms with Crippen molar-refractivity contribution < 1.29 is 5.11 Å². The maximum absolute atomic E-state index is 11.8. The Hall–Kier alpha value is -2.94. The van der Waals surface area contributed by atoms with Crippen molar-refractivity contribution in [2.75, 3.05) is 0 Å². The smallest absolute Gasteiger partial charge is 0.271 e. The lowest BCUT2D eigenvalue weighted by Gasteiger charge is -2.09. The van der Waals surface area contributed by atoms with Crippen LogP contribution in [0.5, 0.6) is 5.88 Å². The molecule has 1 N–H and O–H groups in total. The summed E-state index contributed by atoms with van der Waals surface area (Å²) >= 11 is 0. The van der Waals surface area contributed by atoms with E-state index < -0.39 is 5.56 Å². The Morgan fingerprint density at radius 1 is 1.50 bits per heavy atom. The Bertz CT molecular complexity index is 770. The number of hydrogen-bond donors (Lipinski definition) is 1. The fourth-order valence-electron chi connectivity index (χ4n) is 1.75. The molecule has 0 bridgehead atoms. The molecule has 20 heavy (non-hydrogen) atoms. The van der Waals surface area contributed by atoms with E-state index >= 15 is 0 Å². The summed E-state index contributed by atoms with van der Waals surface area (Å²) in [7, 11) is 1.40. The van der Waals surface area contributed by atoms with E-state index in [1.165, 1.54) is 13.3 Å². The van der Waals surface area contributed by atoms with E-state index in [4.69, 9.17) is 5.26 Å². The van der Waals surface area contributed by atoms with Gasteiger partial charge in [0.05, 0.1) is 5.56 Å². The molecule has 0 aliphatic heterocycles. The van der Waals surface area contributed by atoms with Gasteiger partial charge in [-0.3, -0.25) is 9.36 Å². The standard InChI is InChI=1S/C14H12N4O2/c1-9-10(7-15)13(19)18(2)14(20)11(9)8-17-12-5-3-4-6-16-12/h3-6,8,20H,1-2H3/b17-8+. The average molecular weight is 268 g/mol. The van der Waals surface area contributed by atoms with Crippen LogP contribution in [0.2, 0.25) is 0 Å². The third-order valence-electron chi connectivity index (χ3n) is 2.94. The largest absolute Gasteiger partial charge is 0.494 e. The lowest BCUT2D eigenvalue weighted by atomic mass is 10.1. The van der Waals surface area contributed by atoms with Gasteiger partial charge in [-0.2, -0.15) is 5.26 Å². The second-order valence-electron chi connectivity index (χ2n) is 4.16. The molecule has 0 aliphatic rings. The van der Waals surface area contributed by atoms with E-state index in [1.807, 2.05) is 6.07 Å². The third kappa shape index (κ3) is 2.29. The summed E-state index contributed by atoms with van der Waals surface area (Å²) in [6.07, 6.45) is 2.99. The summed E-state index contributed by atoms with van der Waals surface area (Å²) in [5.41, 5.74) is 0.187. The van der Waals surface area contributed by atoms with Gasteiger partial charge in [-0.1, -0.05) is 6.07 Å². The molecule has 6 heteroatoms. The van der Waals surface area contributed by atoms with Gasteiger partial charge in [0.25, 0.3) is 5.56 Å². The zero-order chi connectivity index (χ0) is 14.7. The van der Waals surface area contributed by atoms with E-state index in [-0.39, 0.29) is 11.4 Å². The van der Waals surface area contributed by atoms with E-state index in [0.29, 0.717) is 16.9 Å². The first kappa shape index (κ1) is 13.5. The lowest BCUT2D eigenvalue weighted by Crippen LogP contribution is -2.22. The van der Waals surface area contributed by atoms with Crippen molar-refractivity contribution in [2.24, 2.45) is 12.0 Å². The van der Waals surface area contributed by atoms with Gasteiger partial charge in [0, 0.05) is 19.5 Å². The van der Waals surface area contributed by atoms with Crippen molar-refractivity contribution in [1.29, 1.82) is 5.26 Å². The Morgan fingerprint density at radius 3 is 2.85 bits per heavy atom. The molecular weight excluding hydrogens is 256 g/mol. The molecule has 2 aromatic rings. The van der Waals surface area contributed by atoms with Crippen LogP contribution in [-0.2, 0) is 7.05 Å². The van der Waals surface area contributed by atoms with Crippen LogP contribution >= 0.6 is 0 Å². The zero-order valence-corrected chi connectivity index (χ0v) is 11.0. The lowest BCUT2D eigenvalue weighted by molar-refractivity contribution is 0.421. The Labute approximate surface area is 115 Å². The number of hydrogen-bond acceptors (Lipinski definition) is 5. The van der Waals surface area contributed by atoms with Crippen LogP contribution in [0, 0.1) is 18.3 Å². The quantitative estimate of drug-likeness (QED) is 0.834. The summed E-state index contributed by atoms with van der Waals surface area (Å²) in [5.74, 6) is 0.241. The maximum Gasteiger partial charge on any atom is 0.271 e. The second-order valence-corrected chi connectivity index (χ2v) is 4.16. The highest BCUT2D eigenvalue weighted by Crippen LogP contribution is 2.19. The average Bonchev–Trinajstić information content (AvgIpc) is 2.47. The molecule has 0 fully saturated rings. The number of nitrogens with zero attached hydrogens (tertiary/aromatic N) is 4. The van der Waals surface area contributed by atoms with Crippen LogP contribution in [0.3, 0.4) is 0 Å². The predicted molar refractivity (Wildman–Crippen MR) is 74.3 cm³/mol. The van der Waals surface area contributed by atoms with E-state index in [9.17, 15) is 9.90 Å². The fraction of sp³-hybridized carbons (Fsp3) is 0.143. The first-order chi connectivity index (χ1) is 9.56. The fourth-order valence-corrected chi connectivity index (χ4v) is 1.75. The van der Waals surface area contributed by atoms with Crippen LogP contribution in [0.25, 0.3) is 0 Å². The molecule has 0 saturated carbocycles. The number of aromatic hydroxyl groups is 1. The highest BCUT2D eigenvalue weighted by Gasteiger charge is 2.15. The zero-order valence-electron chi connectivity index (χ0n) is 11.0. The molecular formula is C14H12N4O2. The molecule has 2 heterocycles. The van der Waals surface area contributed by atoms with Crippen LogP contribution < -0.4 is 5.56 Å². The molecule has 0 amide bonds. The Morgan fingerprint density at radius 2 is 2.25 bits per heavy atom. The first-order valence-electron chi connectivity index (χ1n) is 5.84. The number of nitriles is 1. The molecule has 0 radical (unpaired) electrons. The SMILES string of the molecule is Cc1c(/C=N/c2ccccn2)c(O)n(C)c(=O)c1C#N. The molecule has 0 spiro atoms. The van der Waals surface area contributed by atoms with Crippen molar-refractivity contribution in [3.63, 3.8) is 0 Å². The van der Waals surface area contributed by atoms with Crippen LogP contribution in [0.4, 0.5) is 5.82 Å². The topological polar surface area (TPSA) is 91.3 Å². The Kier molecular flexibility index (Phi) is 3.62. The summed E-state index contributed by atoms with van der Waals surface area (Å²) in [4.78, 5) is 19.9. The highest BCUT2D eigenvalue weighted by molar-refractivity contribution is 5.87. The van der Waals surface area contributed by atoms with Crippen LogP contribution in [0.1, 0.15) is 16.7 Å². The third-order valence-corrected chi connectivity index (χ3v) is 2.94. The Balaban J connectivity index is 2.59. The van der Waals surface area contributed by atoms with E-state index in [2.05, 4.69) is 9.98 Å². The maximum atomic E-state index is 11.8. The van der Waals surface area contributed by atoms with Gasteiger partial charge in [0.1, 0.15) is 11.6 Å². The summed E-state index contributed by atoms with van der Waals surface area (Å²) < 4.78 is 1.02. The monoisotopic (exact) mass is 268 g/mol. The van der Waals surface area contributed by atoms with Gasteiger partial charge in [-0.15, -0.1) is 0 Å². The van der Waals surface area contributed by atoms with Crippen molar-refractivity contribution in [3.8, 4) is 11.9 Å². The molecule has 0 aliphatic carbocycles. The van der Waals surface area contributed by atoms with Gasteiger partial charge in [0.2, 0.25) is 5.88 Å². The number of rotatable bonds is 2. The second kappa shape index (κ2) is 5.36. The molecule has 0 unspecified atom stereocenters. The van der Waals surface area contributed by atoms with Gasteiger partial charge < -0.3 is 5.11 Å². The normalized spacial score (nSPS) is 10.7. The van der Waals surface area contributed by atoms with Crippen LogP contribution in [0.15, 0.2) is 34.2 Å². The predicted octanol–water partition coefficient (Wildman–Crippen LogP) is 1.42. The molecule has 0 atom stereocenters. The van der Waals surface area contributed by atoms with Crippen molar-refractivity contribution in [3.05, 3.63) is 51.4 Å². The minimum absolute atomic E-state index is 0.00669. The summed E-state index contributed by atoms with van der Waals surface area (Å²) in [6, 6.07) is 7.10. The molecule has 0 aromatic carbocycles. The van der Waals surface area contributed by atoms with Gasteiger partial charge >= 0.3 is 0 Å². The number of aromatic nitrogens is 2.